The number of nitrogens with one attached hydrogen (secondary N) is 2. The normalized spacial score (nSPS) is 13.5. The van der Waals surface area contributed by atoms with Gasteiger partial charge in [0.15, 0.2) is 0 Å². The topological polar surface area (TPSA) is 78.5 Å². The number of hydrogen-bond donors (Lipinski definition) is 2. The quantitative estimate of drug-likeness (QED) is 0.427. The van der Waals surface area contributed by atoms with E-state index in [0.29, 0.717) is 27.0 Å². The zero-order chi connectivity index (χ0) is 23.5. The largest absolute Gasteiger partial charge is 0.350 e. The Labute approximate surface area is 204 Å². The molecule has 1 aliphatic heterocycles. The Morgan fingerprint density at radius 2 is 1.45 bits per heavy atom. The van der Waals surface area contributed by atoms with Crippen LogP contribution in [0.3, 0.4) is 0 Å². The molecule has 1 heterocycles. The van der Waals surface area contributed by atoms with Crippen LogP contribution in [0.2, 0.25) is 10.0 Å². The van der Waals surface area contributed by atoms with E-state index in [1.807, 2.05) is 30.3 Å². The van der Waals surface area contributed by atoms with Crippen LogP contribution in [0.15, 0.2) is 83.5 Å². The minimum absolute atomic E-state index is 0.00870. The molecule has 0 fully saturated rings. The predicted octanol–water partition coefficient (Wildman–Crippen LogP) is 5.68. The van der Waals surface area contributed by atoms with E-state index in [9.17, 15) is 14.4 Å². The Hall–Kier alpha value is -3.32. The Morgan fingerprint density at radius 1 is 0.788 bits per heavy atom. The zero-order valence-electron chi connectivity index (χ0n) is 16.9. The Bertz CT molecular complexity index is 1280. The summed E-state index contributed by atoms with van der Waals surface area (Å²) in [6.07, 6.45) is 0. The molecule has 4 rings (SSSR count). The van der Waals surface area contributed by atoms with Crippen LogP contribution < -0.4 is 10.6 Å². The molecule has 33 heavy (non-hydrogen) atoms. The summed E-state index contributed by atoms with van der Waals surface area (Å²) in [5, 5.41) is 6.15. The number of benzene rings is 3. The van der Waals surface area contributed by atoms with Gasteiger partial charge in [0, 0.05) is 16.9 Å². The molecule has 3 aromatic rings. The molecule has 0 unspecified atom stereocenters. The highest BCUT2D eigenvalue weighted by Gasteiger charge is 2.37. The van der Waals surface area contributed by atoms with Crippen LogP contribution in [0, 0.1) is 0 Å². The van der Waals surface area contributed by atoms with Gasteiger partial charge in [-0.05, 0) is 48.0 Å². The molecule has 0 bridgehead atoms. The lowest BCUT2D eigenvalue weighted by Crippen LogP contribution is -2.31. The van der Waals surface area contributed by atoms with Crippen molar-refractivity contribution >= 4 is 63.9 Å². The fraction of sp³-hybridized carbons (Fsp3) is 0.0417. The molecule has 0 saturated carbocycles. The van der Waals surface area contributed by atoms with E-state index in [2.05, 4.69) is 10.6 Å². The molecule has 9 heteroatoms. The van der Waals surface area contributed by atoms with Gasteiger partial charge < -0.3 is 10.6 Å². The van der Waals surface area contributed by atoms with Crippen molar-refractivity contribution in [2.24, 2.45) is 0 Å². The van der Waals surface area contributed by atoms with Gasteiger partial charge in [0.25, 0.3) is 17.7 Å². The summed E-state index contributed by atoms with van der Waals surface area (Å²) in [6.45, 7) is 0.119. The van der Waals surface area contributed by atoms with Crippen LogP contribution >= 0.6 is 34.8 Å². The highest BCUT2D eigenvalue weighted by molar-refractivity contribution is 6.48. The first-order chi connectivity index (χ1) is 15.8. The smallest absolute Gasteiger partial charge is 0.279 e. The van der Waals surface area contributed by atoms with Crippen molar-refractivity contribution in [3.63, 3.8) is 0 Å². The van der Waals surface area contributed by atoms with Gasteiger partial charge in [-0.1, -0.05) is 65.1 Å². The monoisotopic (exact) mass is 499 g/mol. The van der Waals surface area contributed by atoms with Gasteiger partial charge in [0.1, 0.15) is 10.7 Å². The summed E-state index contributed by atoms with van der Waals surface area (Å²) < 4.78 is 0. The van der Waals surface area contributed by atoms with Gasteiger partial charge >= 0.3 is 0 Å². The fourth-order valence-corrected chi connectivity index (χ4v) is 3.72. The van der Waals surface area contributed by atoms with Crippen LogP contribution in [-0.4, -0.2) is 22.6 Å². The van der Waals surface area contributed by atoms with Crippen LogP contribution in [0.1, 0.15) is 15.9 Å². The maximum Gasteiger partial charge on any atom is 0.279 e. The fourth-order valence-electron chi connectivity index (χ4n) is 3.19. The SMILES string of the molecule is O=C(Nc1ccc(Cl)c(Cl)c1)c1ccc(NC2=C(Cl)C(=O)N(Cc3ccccc3)C2=O)cc1. The number of rotatable bonds is 6. The van der Waals surface area contributed by atoms with Gasteiger partial charge in [-0.2, -0.15) is 0 Å². The van der Waals surface area contributed by atoms with Crippen molar-refractivity contribution in [1.82, 2.24) is 4.90 Å². The number of halogens is 3. The Morgan fingerprint density at radius 3 is 2.12 bits per heavy atom. The lowest BCUT2D eigenvalue weighted by molar-refractivity contribution is -0.138. The van der Waals surface area contributed by atoms with E-state index in [1.165, 1.54) is 0 Å². The maximum absolute atomic E-state index is 12.8. The van der Waals surface area contributed by atoms with Gasteiger partial charge in [-0.25, -0.2) is 0 Å². The third-order valence-electron chi connectivity index (χ3n) is 4.89. The second-order valence-corrected chi connectivity index (χ2v) is 8.35. The molecule has 0 radical (unpaired) electrons. The molecular weight excluding hydrogens is 485 g/mol. The molecule has 6 nitrogen and oxygen atoms in total. The first-order valence-corrected chi connectivity index (χ1v) is 10.9. The van der Waals surface area contributed by atoms with Gasteiger partial charge in [0.2, 0.25) is 0 Å². The van der Waals surface area contributed by atoms with Crippen LogP contribution in [-0.2, 0) is 16.1 Å². The lowest BCUT2D eigenvalue weighted by Gasteiger charge is -2.15. The van der Waals surface area contributed by atoms with Crippen LogP contribution in [0.4, 0.5) is 11.4 Å². The number of carbonyl (C=O) groups is 3. The van der Waals surface area contributed by atoms with Crippen molar-refractivity contribution in [3.05, 3.63) is 105 Å². The molecule has 3 amide bonds. The average Bonchev–Trinajstić information content (AvgIpc) is 3.01. The van der Waals surface area contributed by atoms with Crippen molar-refractivity contribution in [2.45, 2.75) is 6.54 Å². The minimum atomic E-state index is -0.564. The number of anilines is 2. The summed E-state index contributed by atoms with van der Waals surface area (Å²) in [5.41, 5.74) is 2.18. The average molecular weight is 501 g/mol. The number of hydrogen-bond acceptors (Lipinski definition) is 4. The van der Waals surface area contributed by atoms with Crippen molar-refractivity contribution in [1.29, 1.82) is 0 Å². The molecule has 0 spiro atoms. The maximum atomic E-state index is 12.8. The predicted molar refractivity (Wildman–Crippen MR) is 129 cm³/mol. The molecule has 0 saturated heterocycles. The molecule has 1 aliphatic rings. The standard InChI is InChI=1S/C24H16Cl3N3O3/c25-18-11-10-17(12-19(18)26)29-22(31)15-6-8-16(9-7-15)28-21-20(27)23(32)30(24(21)33)13-14-4-2-1-3-5-14/h1-12,28H,13H2,(H,29,31). The van der Waals surface area contributed by atoms with E-state index in [4.69, 9.17) is 34.8 Å². The summed E-state index contributed by atoms with van der Waals surface area (Å²) in [6, 6.07) is 20.3. The van der Waals surface area contributed by atoms with E-state index in [0.717, 1.165) is 10.5 Å². The summed E-state index contributed by atoms with van der Waals surface area (Å²) >= 11 is 18.0. The van der Waals surface area contributed by atoms with Crippen molar-refractivity contribution in [3.8, 4) is 0 Å². The highest BCUT2D eigenvalue weighted by atomic mass is 35.5. The summed E-state index contributed by atoms with van der Waals surface area (Å²) in [4.78, 5) is 38.8. The van der Waals surface area contributed by atoms with Crippen molar-refractivity contribution < 1.29 is 14.4 Å². The van der Waals surface area contributed by atoms with E-state index in [1.54, 1.807) is 42.5 Å². The summed E-state index contributed by atoms with van der Waals surface area (Å²) in [5.74, 6) is -1.43. The van der Waals surface area contributed by atoms with E-state index < -0.39 is 11.8 Å². The van der Waals surface area contributed by atoms with E-state index in [-0.39, 0.29) is 23.2 Å². The third-order valence-corrected chi connectivity index (χ3v) is 5.98. The Kier molecular flexibility index (Phi) is 6.70. The molecule has 0 aromatic heterocycles. The van der Waals surface area contributed by atoms with Gasteiger partial charge in [-0.3, -0.25) is 19.3 Å². The molecule has 3 aromatic carbocycles. The highest BCUT2D eigenvalue weighted by Crippen LogP contribution is 2.28. The molecule has 0 aliphatic carbocycles. The Balaban J connectivity index is 1.43. The molecular formula is C24H16Cl3N3O3. The summed E-state index contributed by atoms with van der Waals surface area (Å²) in [7, 11) is 0. The lowest BCUT2D eigenvalue weighted by atomic mass is 10.2. The number of carbonyl (C=O) groups excluding carboxylic acids is 3. The van der Waals surface area contributed by atoms with Gasteiger partial charge in [-0.15, -0.1) is 0 Å². The third kappa shape index (κ3) is 5.03. The molecule has 2 N–H and O–H groups in total. The minimum Gasteiger partial charge on any atom is -0.350 e. The number of imide groups is 1. The van der Waals surface area contributed by atoms with Gasteiger partial charge in [0.05, 0.1) is 16.6 Å². The number of amides is 3. The second-order valence-electron chi connectivity index (χ2n) is 7.16. The van der Waals surface area contributed by atoms with Crippen LogP contribution in [0.25, 0.3) is 0 Å². The molecule has 166 valence electrons. The van der Waals surface area contributed by atoms with Crippen LogP contribution in [0.5, 0.6) is 0 Å². The second kappa shape index (κ2) is 9.67. The first-order valence-electron chi connectivity index (χ1n) is 9.77. The zero-order valence-corrected chi connectivity index (χ0v) is 19.2. The molecule has 0 atom stereocenters. The first kappa shape index (κ1) is 22.9. The van der Waals surface area contributed by atoms with E-state index >= 15 is 0 Å². The number of nitrogens with zero attached hydrogens (tertiary/aromatic N) is 1. The van der Waals surface area contributed by atoms with Crippen molar-refractivity contribution in [2.75, 3.05) is 10.6 Å².